The number of nitrogens with zero attached hydrogens (tertiary/aromatic N) is 1. The van der Waals surface area contributed by atoms with Crippen LogP contribution >= 0.6 is 11.6 Å². The molecule has 0 saturated carbocycles. The molecule has 0 bridgehead atoms. The van der Waals surface area contributed by atoms with E-state index in [0.717, 1.165) is 18.2 Å². The molecule has 2 aromatic rings. The van der Waals surface area contributed by atoms with Crippen molar-refractivity contribution >= 4 is 29.2 Å². The summed E-state index contributed by atoms with van der Waals surface area (Å²) in [5.41, 5.74) is -0.359. The number of carbonyl (C=O) groups is 2. The predicted octanol–water partition coefficient (Wildman–Crippen LogP) is 4.59. The standard InChI is InChI=1S/C20H19ClF2N2O5/c1-10(2)18(20(27)30-11(3)14-6-4-12(22)8-17(14)23)24-19(26)15-7-5-13(25(28)29)9-16(15)21/h4-11,18H,1-3H3,(H,24,26)/t11?,18-/m0/s1. The zero-order chi connectivity index (χ0) is 22.6. The van der Waals surface area contributed by atoms with Gasteiger partial charge in [0.15, 0.2) is 0 Å². The molecular formula is C20H19ClF2N2O5. The third-order valence-electron chi connectivity index (χ3n) is 4.31. The van der Waals surface area contributed by atoms with Crippen molar-refractivity contribution in [2.75, 3.05) is 0 Å². The number of esters is 1. The van der Waals surface area contributed by atoms with Gasteiger partial charge >= 0.3 is 5.97 Å². The fourth-order valence-electron chi connectivity index (χ4n) is 2.66. The van der Waals surface area contributed by atoms with Crippen molar-refractivity contribution in [3.8, 4) is 0 Å². The van der Waals surface area contributed by atoms with E-state index >= 15 is 0 Å². The minimum Gasteiger partial charge on any atom is -0.456 e. The molecule has 0 spiro atoms. The molecule has 2 aromatic carbocycles. The Balaban J connectivity index is 2.16. The van der Waals surface area contributed by atoms with Crippen molar-refractivity contribution in [3.05, 3.63) is 74.3 Å². The minimum atomic E-state index is -1.10. The quantitative estimate of drug-likeness (QED) is 0.386. The van der Waals surface area contributed by atoms with Crippen LogP contribution in [0.15, 0.2) is 36.4 Å². The number of hydrogen-bond donors (Lipinski definition) is 1. The van der Waals surface area contributed by atoms with Gasteiger partial charge in [0, 0.05) is 23.8 Å². The fourth-order valence-corrected chi connectivity index (χ4v) is 2.92. The highest BCUT2D eigenvalue weighted by Gasteiger charge is 2.29. The molecule has 0 radical (unpaired) electrons. The summed E-state index contributed by atoms with van der Waals surface area (Å²) < 4.78 is 32.2. The fraction of sp³-hybridized carbons (Fsp3) is 0.300. The number of rotatable bonds is 7. The number of amides is 1. The Morgan fingerprint density at radius 3 is 2.33 bits per heavy atom. The van der Waals surface area contributed by atoms with E-state index in [2.05, 4.69) is 5.32 Å². The van der Waals surface area contributed by atoms with Gasteiger partial charge in [-0.15, -0.1) is 0 Å². The zero-order valence-corrected chi connectivity index (χ0v) is 17.1. The van der Waals surface area contributed by atoms with Crippen LogP contribution in [0.1, 0.15) is 42.8 Å². The number of hydrogen-bond acceptors (Lipinski definition) is 5. The van der Waals surface area contributed by atoms with Crippen LogP contribution in [-0.4, -0.2) is 22.8 Å². The van der Waals surface area contributed by atoms with Gasteiger partial charge in [0.2, 0.25) is 0 Å². The molecule has 1 N–H and O–H groups in total. The summed E-state index contributed by atoms with van der Waals surface area (Å²) in [6, 6.07) is 5.10. The number of carbonyl (C=O) groups excluding carboxylic acids is 2. The molecule has 1 amide bonds. The number of nitro groups is 1. The molecule has 10 heteroatoms. The summed E-state index contributed by atoms with van der Waals surface area (Å²) in [5.74, 6) is -3.58. The lowest BCUT2D eigenvalue weighted by Gasteiger charge is -2.23. The minimum absolute atomic E-state index is 0.0167. The number of benzene rings is 2. The normalized spacial score (nSPS) is 12.9. The van der Waals surface area contributed by atoms with E-state index in [1.807, 2.05) is 0 Å². The second kappa shape index (κ2) is 9.62. The average molecular weight is 441 g/mol. The lowest BCUT2D eigenvalue weighted by atomic mass is 10.0. The van der Waals surface area contributed by atoms with Gasteiger partial charge < -0.3 is 10.1 Å². The van der Waals surface area contributed by atoms with Gasteiger partial charge in [-0.2, -0.15) is 0 Å². The summed E-state index contributed by atoms with van der Waals surface area (Å²) in [7, 11) is 0. The van der Waals surface area contributed by atoms with Gasteiger partial charge in [-0.1, -0.05) is 25.4 Å². The largest absolute Gasteiger partial charge is 0.456 e. The average Bonchev–Trinajstić information content (AvgIpc) is 2.65. The molecule has 0 aliphatic carbocycles. The van der Waals surface area contributed by atoms with Crippen molar-refractivity contribution in [2.24, 2.45) is 5.92 Å². The Morgan fingerprint density at radius 2 is 1.80 bits per heavy atom. The van der Waals surface area contributed by atoms with Crippen molar-refractivity contribution in [3.63, 3.8) is 0 Å². The maximum Gasteiger partial charge on any atom is 0.329 e. The predicted molar refractivity (Wildman–Crippen MR) is 105 cm³/mol. The molecule has 0 heterocycles. The van der Waals surface area contributed by atoms with Crippen LogP contribution in [0.5, 0.6) is 0 Å². The van der Waals surface area contributed by atoms with Crippen LogP contribution in [0, 0.1) is 27.7 Å². The van der Waals surface area contributed by atoms with E-state index in [-0.39, 0.29) is 21.8 Å². The first-order valence-electron chi connectivity index (χ1n) is 8.91. The van der Waals surface area contributed by atoms with Crippen LogP contribution in [-0.2, 0) is 9.53 Å². The molecule has 0 aliphatic rings. The third-order valence-corrected chi connectivity index (χ3v) is 4.62. The van der Waals surface area contributed by atoms with Crippen LogP contribution in [0.3, 0.4) is 0 Å². The first kappa shape index (κ1) is 23.2. The summed E-state index contributed by atoms with van der Waals surface area (Å²) >= 11 is 5.95. The number of halogens is 3. The summed E-state index contributed by atoms with van der Waals surface area (Å²) in [6.45, 7) is 4.74. The molecular weight excluding hydrogens is 422 g/mol. The lowest BCUT2D eigenvalue weighted by molar-refractivity contribution is -0.384. The number of ether oxygens (including phenoxy) is 1. The molecule has 2 rings (SSSR count). The first-order chi connectivity index (χ1) is 14.0. The zero-order valence-electron chi connectivity index (χ0n) is 16.3. The van der Waals surface area contributed by atoms with Gasteiger partial charge in [-0.05, 0) is 31.0 Å². The van der Waals surface area contributed by atoms with Crippen LogP contribution in [0.4, 0.5) is 14.5 Å². The van der Waals surface area contributed by atoms with Gasteiger partial charge in [-0.3, -0.25) is 14.9 Å². The van der Waals surface area contributed by atoms with Crippen LogP contribution in [0.25, 0.3) is 0 Å². The topological polar surface area (TPSA) is 98.5 Å². The van der Waals surface area contributed by atoms with E-state index < -0.39 is 46.5 Å². The van der Waals surface area contributed by atoms with E-state index in [1.54, 1.807) is 13.8 Å². The maximum absolute atomic E-state index is 13.9. The SMILES string of the molecule is CC(OC(=O)[C@@H](NC(=O)c1ccc([N+](=O)[O-])cc1Cl)C(C)C)c1ccc(F)cc1F. The molecule has 1 unspecified atom stereocenters. The molecule has 160 valence electrons. The molecule has 0 fully saturated rings. The van der Waals surface area contributed by atoms with Crippen molar-refractivity contribution in [1.29, 1.82) is 0 Å². The van der Waals surface area contributed by atoms with Crippen molar-refractivity contribution in [2.45, 2.75) is 32.9 Å². The van der Waals surface area contributed by atoms with Gasteiger partial charge in [-0.25, -0.2) is 13.6 Å². The molecule has 7 nitrogen and oxygen atoms in total. The summed E-state index contributed by atoms with van der Waals surface area (Å²) in [4.78, 5) is 35.3. The first-order valence-corrected chi connectivity index (χ1v) is 9.29. The molecule has 0 saturated heterocycles. The van der Waals surface area contributed by atoms with E-state index in [4.69, 9.17) is 16.3 Å². The Hall–Kier alpha value is -3.07. The van der Waals surface area contributed by atoms with Crippen LogP contribution in [0.2, 0.25) is 5.02 Å². The van der Waals surface area contributed by atoms with Gasteiger partial charge in [0.25, 0.3) is 11.6 Å². The lowest BCUT2D eigenvalue weighted by Crippen LogP contribution is -2.45. The molecule has 0 aromatic heterocycles. The Bertz CT molecular complexity index is 984. The number of nitro benzene ring substituents is 1. The van der Waals surface area contributed by atoms with Gasteiger partial charge in [0.05, 0.1) is 15.5 Å². The molecule has 2 atom stereocenters. The smallest absolute Gasteiger partial charge is 0.329 e. The highest BCUT2D eigenvalue weighted by atomic mass is 35.5. The van der Waals surface area contributed by atoms with E-state index in [1.165, 1.54) is 19.1 Å². The molecule has 30 heavy (non-hydrogen) atoms. The third kappa shape index (κ3) is 5.50. The Labute approximate surface area is 176 Å². The Morgan fingerprint density at radius 1 is 1.13 bits per heavy atom. The highest BCUT2D eigenvalue weighted by molar-refractivity contribution is 6.34. The number of non-ortho nitro benzene ring substituents is 1. The monoisotopic (exact) mass is 440 g/mol. The molecule has 0 aliphatic heterocycles. The summed E-state index contributed by atoms with van der Waals surface area (Å²) in [6.07, 6.45) is -1.03. The maximum atomic E-state index is 13.9. The van der Waals surface area contributed by atoms with Gasteiger partial charge in [0.1, 0.15) is 23.8 Å². The highest BCUT2D eigenvalue weighted by Crippen LogP contribution is 2.24. The van der Waals surface area contributed by atoms with Crippen molar-refractivity contribution in [1.82, 2.24) is 5.32 Å². The second-order valence-corrected chi connectivity index (χ2v) is 7.27. The second-order valence-electron chi connectivity index (χ2n) is 6.86. The van der Waals surface area contributed by atoms with E-state index in [0.29, 0.717) is 6.07 Å². The van der Waals surface area contributed by atoms with Crippen molar-refractivity contribution < 1.29 is 28.0 Å². The Kier molecular flexibility index (Phi) is 7.44. The number of nitrogens with one attached hydrogen (secondary N) is 1. The van der Waals surface area contributed by atoms with Crippen LogP contribution < -0.4 is 5.32 Å². The summed E-state index contributed by atoms with van der Waals surface area (Å²) in [5, 5.41) is 13.1. The van der Waals surface area contributed by atoms with E-state index in [9.17, 15) is 28.5 Å².